The van der Waals surface area contributed by atoms with E-state index in [0.29, 0.717) is 16.7 Å². The number of carbonyl (C=O) groups is 1. The Labute approximate surface area is 163 Å². The van der Waals surface area contributed by atoms with Gasteiger partial charge in [-0.2, -0.15) is 13.2 Å². The van der Waals surface area contributed by atoms with E-state index in [-0.39, 0.29) is 11.4 Å². The van der Waals surface area contributed by atoms with Crippen molar-refractivity contribution in [3.8, 4) is 11.4 Å². The van der Waals surface area contributed by atoms with Gasteiger partial charge in [0, 0.05) is 18.3 Å². The van der Waals surface area contributed by atoms with Crippen LogP contribution < -0.4 is 11.1 Å². The highest BCUT2D eigenvalue weighted by Crippen LogP contribution is 2.34. The molecule has 3 rings (SSSR count). The highest BCUT2D eigenvalue weighted by Gasteiger charge is 2.33. The lowest BCUT2D eigenvalue weighted by Gasteiger charge is -2.13. The zero-order valence-corrected chi connectivity index (χ0v) is 15.5. The number of hydrogen-bond donors (Lipinski definition) is 2. The average molecular weight is 407 g/mol. The zero-order valence-electron chi connectivity index (χ0n) is 14.7. The van der Waals surface area contributed by atoms with E-state index < -0.39 is 17.6 Å². The molecule has 6 nitrogen and oxygen atoms in total. The molecule has 28 heavy (non-hydrogen) atoms. The number of nitrogens with one attached hydrogen (secondary N) is 1. The summed E-state index contributed by atoms with van der Waals surface area (Å²) < 4.78 is 40.7. The van der Waals surface area contributed by atoms with E-state index in [9.17, 15) is 18.0 Å². The monoisotopic (exact) mass is 407 g/mol. The van der Waals surface area contributed by atoms with Gasteiger partial charge in [-0.05, 0) is 24.3 Å². The van der Waals surface area contributed by atoms with Crippen LogP contribution in [0.15, 0.2) is 53.7 Å². The lowest BCUT2D eigenvalue weighted by molar-refractivity contribution is -0.137. The number of thioether (sulfide) groups is 1. The maximum Gasteiger partial charge on any atom is 0.418 e. The van der Waals surface area contributed by atoms with Gasteiger partial charge in [-0.3, -0.25) is 4.79 Å². The SMILES string of the molecule is Cn1c(SCC(=O)Nc2ccccc2C(F)(F)F)nnc1-c1cccc(N)c1. The van der Waals surface area contributed by atoms with Crippen LogP contribution in [-0.2, 0) is 18.0 Å². The molecule has 3 aromatic rings. The van der Waals surface area contributed by atoms with Crippen molar-refractivity contribution in [3.05, 3.63) is 54.1 Å². The van der Waals surface area contributed by atoms with Gasteiger partial charge in [0.15, 0.2) is 11.0 Å². The van der Waals surface area contributed by atoms with Crippen LogP contribution >= 0.6 is 11.8 Å². The number of alkyl halides is 3. The molecule has 0 fully saturated rings. The highest BCUT2D eigenvalue weighted by molar-refractivity contribution is 7.99. The summed E-state index contributed by atoms with van der Waals surface area (Å²) in [5, 5.41) is 10.9. The van der Waals surface area contributed by atoms with Crippen molar-refractivity contribution in [3.63, 3.8) is 0 Å². The van der Waals surface area contributed by atoms with Gasteiger partial charge < -0.3 is 15.6 Å². The standard InChI is InChI=1S/C18H16F3N5OS/c1-26-16(11-5-4-6-12(22)9-11)24-25-17(26)28-10-15(27)23-14-8-3-2-7-13(14)18(19,20)21/h2-9H,10,22H2,1H3,(H,23,27). The van der Waals surface area contributed by atoms with Crippen LogP contribution in [0.2, 0.25) is 0 Å². The number of nitrogen functional groups attached to an aromatic ring is 1. The van der Waals surface area contributed by atoms with Crippen molar-refractivity contribution in [2.45, 2.75) is 11.3 Å². The van der Waals surface area contributed by atoms with Crippen molar-refractivity contribution < 1.29 is 18.0 Å². The topological polar surface area (TPSA) is 85.8 Å². The first kappa shape index (κ1) is 19.7. The molecule has 1 aromatic heterocycles. The molecule has 0 unspecified atom stereocenters. The normalized spacial score (nSPS) is 11.4. The quantitative estimate of drug-likeness (QED) is 0.496. The highest BCUT2D eigenvalue weighted by atomic mass is 32.2. The Morgan fingerprint density at radius 2 is 1.93 bits per heavy atom. The third kappa shape index (κ3) is 4.45. The summed E-state index contributed by atoms with van der Waals surface area (Å²) in [5.74, 6) is -0.123. The minimum absolute atomic E-state index is 0.116. The molecule has 0 spiro atoms. The van der Waals surface area contributed by atoms with Crippen molar-refractivity contribution in [2.75, 3.05) is 16.8 Å². The third-order valence-corrected chi connectivity index (χ3v) is 4.84. The number of aromatic nitrogens is 3. The smallest absolute Gasteiger partial charge is 0.399 e. The lowest BCUT2D eigenvalue weighted by Crippen LogP contribution is -2.18. The molecule has 3 N–H and O–H groups in total. The summed E-state index contributed by atoms with van der Waals surface area (Å²) in [6, 6.07) is 11.9. The molecular weight excluding hydrogens is 391 g/mol. The fourth-order valence-electron chi connectivity index (χ4n) is 2.53. The number of rotatable bonds is 5. The zero-order chi connectivity index (χ0) is 20.3. The van der Waals surface area contributed by atoms with Gasteiger partial charge in [-0.15, -0.1) is 10.2 Å². The number of amides is 1. The van der Waals surface area contributed by atoms with Crippen LogP contribution in [0.1, 0.15) is 5.56 Å². The van der Waals surface area contributed by atoms with Crippen LogP contribution in [0.4, 0.5) is 24.5 Å². The van der Waals surface area contributed by atoms with Gasteiger partial charge in [0.25, 0.3) is 0 Å². The van der Waals surface area contributed by atoms with Gasteiger partial charge in [0.2, 0.25) is 5.91 Å². The fraction of sp³-hybridized carbons (Fsp3) is 0.167. The Kier molecular flexibility index (Phi) is 5.59. The van der Waals surface area contributed by atoms with E-state index in [1.807, 2.05) is 6.07 Å². The van der Waals surface area contributed by atoms with Crippen molar-refractivity contribution in [1.29, 1.82) is 0 Å². The molecule has 0 saturated carbocycles. The van der Waals surface area contributed by atoms with Crippen LogP contribution in [0.3, 0.4) is 0 Å². The van der Waals surface area contributed by atoms with Gasteiger partial charge in [0.05, 0.1) is 17.0 Å². The van der Waals surface area contributed by atoms with E-state index in [1.165, 1.54) is 18.2 Å². The van der Waals surface area contributed by atoms with Crippen LogP contribution in [0, 0.1) is 0 Å². The molecule has 2 aromatic carbocycles. The second-order valence-electron chi connectivity index (χ2n) is 5.87. The molecule has 0 bridgehead atoms. The van der Waals surface area contributed by atoms with Crippen molar-refractivity contribution in [2.24, 2.45) is 7.05 Å². The summed E-state index contributed by atoms with van der Waals surface area (Å²) in [7, 11) is 1.73. The average Bonchev–Trinajstić information content (AvgIpc) is 3.00. The Morgan fingerprint density at radius 1 is 1.18 bits per heavy atom. The first-order chi connectivity index (χ1) is 13.3. The molecule has 0 aliphatic heterocycles. The van der Waals surface area contributed by atoms with E-state index >= 15 is 0 Å². The summed E-state index contributed by atoms with van der Waals surface area (Å²) >= 11 is 1.07. The second-order valence-corrected chi connectivity index (χ2v) is 6.81. The Bertz CT molecular complexity index is 1000. The predicted octanol–water partition coefficient (Wildman–Crippen LogP) is 3.81. The molecule has 0 aliphatic rings. The summed E-state index contributed by atoms with van der Waals surface area (Å²) in [5.41, 5.74) is 5.95. The number of nitrogens with two attached hydrogens (primary N) is 1. The van der Waals surface area contributed by atoms with Crippen molar-refractivity contribution >= 4 is 29.0 Å². The Hall–Kier alpha value is -3.01. The predicted molar refractivity (Wildman–Crippen MR) is 102 cm³/mol. The number of para-hydroxylation sites is 1. The van der Waals surface area contributed by atoms with Crippen molar-refractivity contribution in [1.82, 2.24) is 14.8 Å². The number of halogens is 3. The maximum absolute atomic E-state index is 13.0. The van der Waals surface area contributed by atoms with Crippen LogP contribution in [-0.4, -0.2) is 26.4 Å². The van der Waals surface area contributed by atoms with E-state index in [2.05, 4.69) is 15.5 Å². The lowest BCUT2D eigenvalue weighted by atomic mass is 10.1. The molecule has 146 valence electrons. The molecule has 1 amide bonds. The molecule has 0 saturated heterocycles. The molecule has 0 atom stereocenters. The molecular formula is C18H16F3N5OS. The first-order valence-corrected chi connectivity index (χ1v) is 9.08. The summed E-state index contributed by atoms with van der Waals surface area (Å²) in [6.07, 6.45) is -4.55. The van der Waals surface area contributed by atoms with Gasteiger partial charge >= 0.3 is 6.18 Å². The van der Waals surface area contributed by atoms with E-state index in [0.717, 1.165) is 23.4 Å². The summed E-state index contributed by atoms with van der Waals surface area (Å²) in [4.78, 5) is 12.1. The third-order valence-electron chi connectivity index (χ3n) is 3.82. The van der Waals surface area contributed by atoms with E-state index in [1.54, 1.807) is 29.8 Å². The van der Waals surface area contributed by atoms with E-state index in [4.69, 9.17) is 5.73 Å². The number of nitrogens with zero attached hydrogens (tertiary/aromatic N) is 3. The summed E-state index contributed by atoms with van der Waals surface area (Å²) in [6.45, 7) is 0. The molecule has 10 heteroatoms. The largest absolute Gasteiger partial charge is 0.418 e. The first-order valence-electron chi connectivity index (χ1n) is 8.10. The molecule has 1 heterocycles. The minimum atomic E-state index is -4.55. The van der Waals surface area contributed by atoms with Gasteiger partial charge in [-0.25, -0.2) is 0 Å². The number of benzene rings is 2. The Morgan fingerprint density at radius 3 is 2.64 bits per heavy atom. The Balaban J connectivity index is 1.68. The fourth-order valence-corrected chi connectivity index (χ4v) is 3.24. The van der Waals surface area contributed by atoms with Gasteiger partial charge in [0.1, 0.15) is 0 Å². The van der Waals surface area contributed by atoms with Gasteiger partial charge in [-0.1, -0.05) is 36.0 Å². The molecule has 0 radical (unpaired) electrons. The second kappa shape index (κ2) is 7.93. The number of carbonyl (C=O) groups excluding carboxylic acids is 1. The molecule has 0 aliphatic carbocycles. The van der Waals surface area contributed by atoms with Crippen LogP contribution in [0.5, 0.6) is 0 Å². The number of hydrogen-bond acceptors (Lipinski definition) is 5. The number of anilines is 2. The van der Waals surface area contributed by atoms with Crippen LogP contribution in [0.25, 0.3) is 11.4 Å². The minimum Gasteiger partial charge on any atom is -0.399 e. The maximum atomic E-state index is 13.0.